The minimum Gasteiger partial charge on any atom is -0.274 e. The second-order valence-electron chi connectivity index (χ2n) is 6.48. The number of imide groups is 2. The maximum absolute atomic E-state index is 12.4. The van der Waals surface area contributed by atoms with E-state index in [9.17, 15) is 14.4 Å². The van der Waals surface area contributed by atoms with Gasteiger partial charge in [0.2, 0.25) is 11.8 Å². The lowest BCUT2D eigenvalue weighted by Crippen LogP contribution is -2.57. The van der Waals surface area contributed by atoms with Crippen molar-refractivity contribution in [2.45, 2.75) is 45.6 Å². The third-order valence-corrected chi connectivity index (χ3v) is 4.16. The fourth-order valence-electron chi connectivity index (χ4n) is 2.94. The summed E-state index contributed by atoms with van der Waals surface area (Å²) in [6.45, 7) is 4.15. The summed E-state index contributed by atoms with van der Waals surface area (Å²) in [7, 11) is 1.44. The van der Waals surface area contributed by atoms with Crippen LogP contribution in [0.3, 0.4) is 0 Å². The topological polar surface area (TPSA) is 57.7 Å². The highest BCUT2D eigenvalue weighted by atomic mass is 16.2. The largest absolute Gasteiger partial charge is 0.333 e. The van der Waals surface area contributed by atoms with Crippen molar-refractivity contribution in [2.24, 2.45) is 5.92 Å². The Morgan fingerprint density at radius 3 is 2.30 bits per heavy atom. The number of barbiturate groups is 1. The smallest absolute Gasteiger partial charge is 0.274 e. The molecule has 1 aliphatic heterocycles. The Kier molecular flexibility index (Phi) is 5.53. The second kappa shape index (κ2) is 7.40. The van der Waals surface area contributed by atoms with Crippen LogP contribution in [0, 0.1) is 5.92 Å². The first-order valence-electron chi connectivity index (χ1n) is 8.06. The first-order chi connectivity index (χ1) is 10.9. The predicted octanol–water partition coefficient (Wildman–Crippen LogP) is 2.84. The molecule has 0 spiro atoms. The van der Waals surface area contributed by atoms with Crippen molar-refractivity contribution < 1.29 is 14.4 Å². The molecule has 1 saturated heterocycles. The van der Waals surface area contributed by atoms with Gasteiger partial charge in [-0.3, -0.25) is 19.4 Å². The molecule has 1 aliphatic rings. The zero-order valence-electron chi connectivity index (χ0n) is 14.0. The Balaban J connectivity index is 2.15. The molecular weight excluding hydrogens is 292 g/mol. The Morgan fingerprint density at radius 1 is 1.04 bits per heavy atom. The quantitative estimate of drug-likeness (QED) is 0.758. The van der Waals surface area contributed by atoms with E-state index in [2.05, 4.69) is 13.8 Å². The summed E-state index contributed by atoms with van der Waals surface area (Å²) >= 11 is 0. The van der Waals surface area contributed by atoms with Crippen molar-refractivity contribution in [3.8, 4) is 0 Å². The minimum atomic E-state index is -0.495. The first kappa shape index (κ1) is 17.2. The standard InChI is InChI=1S/C18H24N2O3/c1-13(2)11-15(10-9-14-7-5-4-6-8-14)20-17(22)12-16(21)19(3)18(20)23/h4-8,13,15H,9-12H2,1-3H3. The molecule has 0 aromatic heterocycles. The number of carbonyl (C=O) groups excluding carboxylic acids is 3. The molecule has 1 unspecified atom stereocenters. The Bertz CT molecular complexity index is 583. The third kappa shape index (κ3) is 4.18. The molecule has 23 heavy (non-hydrogen) atoms. The fraction of sp³-hybridized carbons (Fsp3) is 0.500. The normalized spacial score (nSPS) is 17.1. The number of benzene rings is 1. The number of aryl methyl sites for hydroxylation is 1. The van der Waals surface area contributed by atoms with Crippen molar-refractivity contribution in [3.05, 3.63) is 35.9 Å². The van der Waals surface area contributed by atoms with E-state index >= 15 is 0 Å². The summed E-state index contributed by atoms with van der Waals surface area (Å²) in [6, 6.07) is 9.35. The molecule has 5 nitrogen and oxygen atoms in total. The monoisotopic (exact) mass is 316 g/mol. The van der Waals surface area contributed by atoms with Crippen molar-refractivity contribution in [3.63, 3.8) is 0 Å². The van der Waals surface area contributed by atoms with Crippen LogP contribution in [0.25, 0.3) is 0 Å². The van der Waals surface area contributed by atoms with Crippen LogP contribution in [0.15, 0.2) is 30.3 Å². The van der Waals surface area contributed by atoms with E-state index in [1.165, 1.54) is 17.5 Å². The van der Waals surface area contributed by atoms with Crippen LogP contribution < -0.4 is 0 Å². The molecular formula is C18H24N2O3. The van der Waals surface area contributed by atoms with Crippen molar-refractivity contribution in [1.29, 1.82) is 0 Å². The van der Waals surface area contributed by atoms with E-state index in [0.29, 0.717) is 12.3 Å². The van der Waals surface area contributed by atoms with Gasteiger partial charge in [-0.15, -0.1) is 0 Å². The maximum Gasteiger partial charge on any atom is 0.333 e. The Labute approximate surface area is 137 Å². The molecule has 0 radical (unpaired) electrons. The molecule has 1 heterocycles. The van der Waals surface area contributed by atoms with Gasteiger partial charge in [0.25, 0.3) is 0 Å². The predicted molar refractivity (Wildman–Crippen MR) is 87.6 cm³/mol. The van der Waals surface area contributed by atoms with E-state index in [-0.39, 0.29) is 18.4 Å². The zero-order valence-corrected chi connectivity index (χ0v) is 14.0. The molecule has 1 fully saturated rings. The molecule has 0 saturated carbocycles. The fourth-order valence-corrected chi connectivity index (χ4v) is 2.94. The molecule has 2 rings (SSSR count). The number of nitrogens with zero attached hydrogens (tertiary/aromatic N) is 2. The van der Waals surface area contributed by atoms with Crippen LogP contribution >= 0.6 is 0 Å². The van der Waals surface area contributed by atoms with E-state index < -0.39 is 11.9 Å². The van der Waals surface area contributed by atoms with E-state index in [0.717, 1.165) is 17.7 Å². The number of carbonyl (C=O) groups is 3. The highest BCUT2D eigenvalue weighted by Gasteiger charge is 2.39. The first-order valence-corrected chi connectivity index (χ1v) is 8.06. The molecule has 1 aromatic rings. The lowest BCUT2D eigenvalue weighted by Gasteiger charge is -2.37. The highest BCUT2D eigenvalue weighted by molar-refractivity contribution is 6.14. The van der Waals surface area contributed by atoms with Gasteiger partial charge in [0, 0.05) is 13.1 Å². The second-order valence-corrected chi connectivity index (χ2v) is 6.48. The van der Waals surface area contributed by atoms with Gasteiger partial charge in [-0.05, 0) is 30.7 Å². The molecule has 124 valence electrons. The van der Waals surface area contributed by atoms with E-state index in [4.69, 9.17) is 0 Å². The van der Waals surface area contributed by atoms with E-state index in [1.807, 2.05) is 30.3 Å². The van der Waals surface area contributed by atoms with Crippen LogP contribution in [0.5, 0.6) is 0 Å². The lowest BCUT2D eigenvalue weighted by atomic mass is 9.95. The number of hydrogen-bond donors (Lipinski definition) is 0. The van der Waals surface area contributed by atoms with Crippen LogP contribution in [-0.2, 0) is 16.0 Å². The molecule has 0 aliphatic carbocycles. The van der Waals surface area contributed by atoms with Crippen LogP contribution in [-0.4, -0.2) is 40.7 Å². The number of amides is 4. The van der Waals surface area contributed by atoms with Crippen LogP contribution in [0.1, 0.15) is 38.7 Å². The van der Waals surface area contributed by atoms with E-state index in [1.54, 1.807) is 0 Å². The summed E-state index contributed by atoms with van der Waals surface area (Å²) in [6.07, 6.45) is 2.03. The maximum atomic E-state index is 12.4. The number of hydrogen-bond acceptors (Lipinski definition) is 3. The number of rotatable bonds is 6. The molecule has 0 N–H and O–H groups in total. The van der Waals surface area contributed by atoms with Gasteiger partial charge < -0.3 is 0 Å². The number of urea groups is 1. The Hall–Kier alpha value is -2.17. The van der Waals surface area contributed by atoms with Gasteiger partial charge in [-0.1, -0.05) is 44.2 Å². The van der Waals surface area contributed by atoms with Gasteiger partial charge in [0.15, 0.2) is 0 Å². The SMILES string of the molecule is CC(C)CC(CCc1ccccc1)N1C(=O)CC(=O)N(C)C1=O. The van der Waals surface area contributed by atoms with Gasteiger partial charge in [-0.25, -0.2) is 4.79 Å². The van der Waals surface area contributed by atoms with Crippen molar-refractivity contribution in [1.82, 2.24) is 9.80 Å². The summed E-state index contributed by atoms with van der Waals surface area (Å²) in [5.41, 5.74) is 1.18. The van der Waals surface area contributed by atoms with Crippen LogP contribution in [0.4, 0.5) is 4.79 Å². The summed E-state index contributed by atoms with van der Waals surface area (Å²) in [5, 5.41) is 0. The van der Waals surface area contributed by atoms with Crippen LogP contribution in [0.2, 0.25) is 0 Å². The lowest BCUT2D eigenvalue weighted by molar-refractivity contribution is -0.143. The van der Waals surface area contributed by atoms with Gasteiger partial charge in [0.1, 0.15) is 6.42 Å². The molecule has 5 heteroatoms. The molecule has 4 amide bonds. The van der Waals surface area contributed by atoms with Crippen molar-refractivity contribution >= 4 is 17.8 Å². The summed E-state index contributed by atoms with van der Waals surface area (Å²) < 4.78 is 0. The third-order valence-electron chi connectivity index (χ3n) is 4.16. The van der Waals surface area contributed by atoms with Gasteiger partial charge in [0.05, 0.1) is 0 Å². The molecule has 0 bridgehead atoms. The average Bonchev–Trinajstić information content (AvgIpc) is 2.51. The van der Waals surface area contributed by atoms with Crippen molar-refractivity contribution in [2.75, 3.05) is 7.05 Å². The average molecular weight is 316 g/mol. The summed E-state index contributed by atoms with van der Waals surface area (Å²) in [5.74, 6) is -0.446. The zero-order chi connectivity index (χ0) is 17.0. The van der Waals surface area contributed by atoms with Gasteiger partial charge >= 0.3 is 6.03 Å². The summed E-state index contributed by atoms with van der Waals surface area (Å²) in [4.78, 5) is 38.6. The molecule has 1 atom stereocenters. The molecule has 1 aromatic carbocycles. The van der Waals surface area contributed by atoms with Gasteiger partial charge in [-0.2, -0.15) is 0 Å². The Morgan fingerprint density at radius 2 is 1.70 bits per heavy atom. The minimum absolute atomic E-state index is 0.175. The highest BCUT2D eigenvalue weighted by Crippen LogP contribution is 2.22.